The molecule has 0 amide bonds. The fourth-order valence-electron chi connectivity index (χ4n) is 2.67. The summed E-state index contributed by atoms with van der Waals surface area (Å²) in [6, 6.07) is 7.95. The summed E-state index contributed by atoms with van der Waals surface area (Å²) in [7, 11) is 0. The first-order valence-corrected chi connectivity index (χ1v) is 6.17. The molecule has 0 saturated heterocycles. The molecule has 0 spiro atoms. The highest BCUT2D eigenvalue weighted by Gasteiger charge is 2.23. The van der Waals surface area contributed by atoms with Gasteiger partial charge in [-0.15, -0.1) is 6.42 Å². The van der Waals surface area contributed by atoms with Gasteiger partial charge in [-0.05, 0) is 6.07 Å². The van der Waals surface area contributed by atoms with E-state index in [4.69, 9.17) is 11.2 Å². The van der Waals surface area contributed by atoms with Crippen molar-refractivity contribution in [3.8, 4) is 12.3 Å². The first-order valence-electron chi connectivity index (χ1n) is 6.17. The maximum absolute atomic E-state index is 5.62. The zero-order chi connectivity index (χ0) is 12.8. The van der Waals surface area contributed by atoms with Crippen LogP contribution in [0.15, 0.2) is 30.5 Å². The Morgan fingerprint density at radius 3 is 3.11 bits per heavy atom. The lowest BCUT2D eigenvalue weighted by molar-refractivity contribution is 0.0725. The summed E-state index contributed by atoms with van der Waals surface area (Å²) in [5.41, 5.74) is 2.89. The molecule has 0 N–H and O–H groups in total. The van der Waals surface area contributed by atoms with Crippen LogP contribution in [0.3, 0.4) is 0 Å². The van der Waals surface area contributed by atoms with Gasteiger partial charge in [0.1, 0.15) is 24.0 Å². The Hall–Kier alpha value is -2.38. The fourth-order valence-corrected chi connectivity index (χ4v) is 2.67. The molecule has 3 aromatic rings. The van der Waals surface area contributed by atoms with E-state index in [1.54, 1.807) is 6.20 Å². The number of para-hydroxylation sites is 1. The van der Waals surface area contributed by atoms with Gasteiger partial charge in [-0.25, -0.2) is 4.98 Å². The van der Waals surface area contributed by atoms with Crippen molar-refractivity contribution in [2.75, 3.05) is 6.61 Å². The third-order valence-corrected chi connectivity index (χ3v) is 3.51. The number of ether oxygens (including phenoxy) is 1. The van der Waals surface area contributed by atoms with Crippen LogP contribution in [0, 0.1) is 12.3 Å². The Balaban J connectivity index is 2.19. The molecular formula is C15H11N3O. The molecule has 4 nitrogen and oxygen atoms in total. The minimum absolute atomic E-state index is 0.0976. The third-order valence-electron chi connectivity index (χ3n) is 3.51. The van der Waals surface area contributed by atoms with E-state index >= 15 is 0 Å². The standard InChI is InChI=1S/C15H11N3O/c1-2-10-8-19-9-14-17-13-7-16-12-6-4-3-5-11(12)15(13)18(10)14/h1,3-7,10H,8-9H2/t10-/m0/s1. The fraction of sp³-hybridized carbons (Fsp3) is 0.200. The largest absolute Gasteiger partial charge is 0.370 e. The number of nitrogens with zero attached hydrogens (tertiary/aromatic N) is 3. The van der Waals surface area contributed by atoms with Gasteiger partial charge in [0.2, 0.25) is 0 Å². The van der Waals surface area contributed by atoms with E-state index < -0.39 is 0 Å². The molecule has 1 aromatic carbocycles. The van der Waals surface area contributed by atoms with Crippen molar-refractivity contribution in [2.45, 2.75) is 12.6 Å². The van der Waals surface area contributed by atoms with Gasteiger partial charge < -0.3 is 9.30 Å². The summed E-state index contributed by atoms with van der Waals surface area (Å²) in [4.78, 5) is 9.02. The second kappa shape index (κ2) is 3.81. The van der Waals surface area contributed by atoms with Crippen LogP contribution in [0.25, 0.3) is 21.9 Å². The highest BCUT2D eigenvalue weighted by Crippen LogP contribution is 2.30. The molecule has 3 heterocycles. The minimum atomic E-state index is -0.0976. The number of aromatic nitrogens is 3. The molecular weight excluding hydrogens is 238 g/mol. The molecule has 92 valence electrons. The highest BCUT2D eigenvalue weighted by atomic mass is 16.5. The van der Waals surface area contributed by atoms with Crippen molar-refractivity contribution in [1.29, 1.82) is 0 Å². The normalized spacial score (nSPS) is 18.4. The van der Waals surface area contributed by atoms with Crippen LogP contribution in [-0.4, -0.2) is 21.1 Å². The molecule has 1 aliphatic heterocycles. The maximum atomic E-state index is 5.62. The van der Waals surface area contributed by atoms with Crippen LogP contribution < -0.4 is 0 Å². The van der Waals surface area contributed by atoms with Gasteiger partial charge in [-0.3, -0.25) is 4.98 Å². The molecule has 0 radical (unpaired) electrons. The average Bonchev–Trinajstić information content (AvgIpc) is 2.86. The summed E-state index contributed by atoms with van der Waals surface area (Å²) in [5, 5.41) is 1.08. The molecule has 0 aliphatic carbocycles. The summed E-state index contributed by atoms with van der Waals surface area (Å²) >= 11 is 0. The number of benzene rings is 1. The van der Waals surface area contributed by atoms with Gasteiger partial charge in [0.15, 0.2) is 0 Å². The highest BCUT2D eigenvalue weighted by molar-refractivity contribution is 6.02. The van der Waals surface area contributed by atoms with Crippen molar-refractivity contribution in [2.24, 2.45) is 0 Å². The Morgan fingerprint density at radius 1 is 1.32 bits per heavy atom. The molecule has 4 rings (SSSR count). The number of terminal acetylenes is 1. The van der Waals surface area contributed by atoms with E-state index in [0.717, 1.165) is 27.8 Å². The average molecular weight is 249 g/mol. The van der Waals surface area contributed by atoms with Crippen LogP contribution in [-0.2, 0) is 11.3 Å². The van der Waals surface area contributed by atoms with E-state index in [-0.39, 0.29) is 6.04 Å². The molecule has 1 atom stereocenters. The smallest absolute Gasteiger partial charge is 0.137 e. The summed E-state index contributed by atoms with van der Waals surface area (Å²) in [6.45, 7) is 1.03. The van der Waals surface area contributed by atoms with Gasteiger partial charge in [0.05, 0.1) is 23.8 Å². The number of fused-ring (bicyclic) bond motifs is 5. The lowest BCUT2D eigenvalue weighted by Crippen LogP contribution is -2.22. The first-order chi connectivity index (χ1) is 9.38. The number of hydrogen-bond donors (Lipinski definition) is 0. The minimum Gasteiger partial charge on any atom is -0.370 e. The van der Waals surface area contributed by atoms with Crippen molar-refractivity contribution < 1.29 is 4.74 Å². The Bertz CT molecular complexity index is 828. The van der Waals surface area contributed by atoms with Gasteiger partial charge in [-0.2, -0.15) is 0 Å². The molecule has 0 saturated carbocycles. The summed E-state index contributed by atoms with van der Waals surface area (Å²) < 4.78 is 7.61. The molecule has 0 fully saturated rings. The predicted octanol–water partition coefficient (Wildman–Crippen LogP) is 2.29. The zero-order valence-electron chi connectivity index (χ0n) is 10.2. The zero-order valence-corrected chi connectivity index (χ0v) is 10.2. The number of hydrogen-bond acceptors (Lipinski definition) is 3. The molecule has 0 bridgehead atoms. The quantitative estimate of drug-likeness (QED) is 0.574. The Labute approximate surface area is 110 Å². The number of pyridine rings is 1. The Kier molecular flexibility index (Phi) is 2.11. The van der Waals surface area contributed by atoms with Crippen LogP contribution >= 0.6 is 0 Å². The van der Waals surface area contributed by atoms with Gasteiger partial charge in [-0.1, -0.05) is 24.1 Å². The van der Waals surface area contributed by atoms with E-state index in [2.05, 4.69) is 26.5 Å². The van der Waals surface area contributed by atoms with Crippen LogP contribution in [0.5, 0.6) is 0 Å². The topological polar surface area (TPSA) is 39.9 Å². The molecule has 4 heteroatoms. The number of rotatable bonds is 0. The maximum Gasteiger partial charge on any atom is 0.137 e. The van der Waals surface area contributed by atoms with Gasteiger partial charge in [0, 0.05) is 5.39 Å². The van der Waals surface area contributed by atoms with Crippen LogP contribution in [0.2, 0.25) is 0 Å². The van der Waals surface area contributed by atoms with Gasteiger partial charge >= 0.3 is 0 Å². The molecule has 0 unspecified atom stereocenters. The molecule has 1 aliphatic rings. The van der Waals surface area contributed by atoms with E-state index in [1.807, 2.05) is 18.2 Å². The second-order valence-corrected chi connectivity index (χ2v) is 4.60. The van der Waals surface area contributed by atoms with Crippen molar-refractivity contribution >= 4 is 21.9 Å². The van der Waals surface area contributed by atoms with Crippen molar-refractivity contribution in [1.82, 2.24) is 14.5 Å². The third kappa shape index (κ3) is 1.39. The summed E-state index contributed by atoms with van der Waals surface area (Å²) in [5.74, 6) is 3.66. The SMILES string of the molecule is C#C[C@H]1COCc2nc3cnc4ccccc4c3n21. The van der Waals surface area contributed by atoms with E-state index in [0.29, 0.717) is 13.2 Å². The second-order valence-electron chi connectivity index (χ2n) is 4.60. The lowest BCUT2D eigenvalue weighted by atomic mass is 10.2. The van der Waals surface area contributed by atoms with Crippen molar-refractivity contribution in [3.63, 3.8) is 0 Å². The molecule has 19 heavy (non-hydrogen) atoms. The lowest BCUT2D eigenvalue weighted by Gasteiger charge is -2.22. The van der Waals surface area contributed by atoms with E-state index in [9.17, 15) is 0 Å². The summed E-state index contributed by atoms with van der Waals surface area (Å²) in [6.07, 6.45) is 7.42. The van der Waals surface area contributed by atoms with Gasteiger partial charge in [0.25, 0.3) is 0 Å². The van der Waals surface area contributed by atoms with Crippen molar-refractivity contribution in [3.05, 3.63) is 36.3 Å². The number of imidazole rings is 1. The van der Waals surface area contributed by atoms with Crippen LogP contribution in [0.1, 0.15) is 11.9 Å². The predicted molar refractivity (Wildman–Crippen MR) is 72.6 cm³/mol. The Morgan fingerprint density at radius 2 is 2.21 bits per heavy atom. The van der Waals surface area contributed by atoms with E-state index in [1.165, 1.54) is 0 Å². The monoisotopic (exact) mass is 249 g/mol. The first kappa shape index (κ1) is 10.5. The molecule has 2 aromatic heterocycles. The van der Waals surface area contributed by atoms with Crippen LogP contribution in [0.4, 0.5) is 0 Å².